The molecule has 2 radical (unpaired) electrons. The van der Waals surface area contributed by atoms with Gasteiger partial charge in [0.15, 0.2) is 0 Å². The number of halogens is 2. The van der Waals surface area contributed by atoms with Crippen LogP contribution in [0.25, 0.3) is 0 Å². The third-order valence-electron chi connectivity index (χ3n) is 8.78. The largest absolute Gasteiger partial charge is 0.245 e. The summed E-state index contributed by atoms with van der Waals surface area (Å²) < 4.78 is 28.8. The molecule has 0 aromatic rings. The van der Waals surface area contributed by atoms with Gasteiger partial charge in [-0.1, -0.05) is 50.7 Å². The van der Waals surface area contributed by atoms with E-state index in [2.05, 4.69) is 13.0 Å². The topological polar surface area (TPSA) is 0 Å². The summed E-state index contributed by atoms with van der Waals surface area (Å²) in [7, 11) is 5.79. The number of hydrogen-bond acceptors (Lipinski definition) is 0. The van der Waals surface area contributed by atoms with E-state index in [0.717, 1.165) is 36.5 Å². The summed E-state index contributed by atoms with van der Waals surface area (Å²) in [5, 5.41) is 0. The molecule has 4 aliphatic rings. The van der Waals surface area contributed by atoms with E-state index >= 15 is 0 Å². The molecule has 4 rings (SSSR count). The molecule has 150 valence electrons. The molecule has 0 heterocycles. The Labute approximate surface area is 166 Å². The molecule has 0 amide bonds. The fourth-order valence-corrected chi connectivity index (χ4v) is 7.15. The summed E-state index contributed by atoms with van der Waals surface area (Å²) in [5.41, 5.74) is 1.19. The zero-order valence-electron chi connectivity index (χ0n) is 17.1. The average molecular weight is 374 g/mol. The Morgan fingerprint density at radius 1 is 0.815 bits per heavy atom. The zero-order chi connectivity index (χ0) is 19.0. The molecule has 6 unspecified atom stereocenters. The maximum Gasteiger partial charge on any atom is 0.137 e. The smallest absolute Gasteiger partial charge is 0.137 e. The lowest BCUT2D eigenvalue weighted by molar-refractivity contribution is 0.0490. The minimum absolute atomic E-state index is 0.159. The molecule has 0 nitrogen and oxygen atoms in total. The molecule has 6 atom stereocenters. The van der Waals surface area contributed by atoms with Crippen molar-refractivity contribution >= 4 is 7.85 Å². The summed E-state index contributed by atoms with van der Waals surface area (Å²) in [6.07, 6.45) is 14.8. The first-order valence-corrected chi connectivity index (χ1v) is 11.8. The second-order valence-electron chi connectivity index (χ2n) is 10.3. The number of alkyl halides is 2. The van der Waals surface area contributed by atoms with Crippen LogP contribution in [0.2, 0.25) is 5.82 Å². The van der Waals surface area contributed by atoms with E-state index in [4.69, 9.17) is 7.85 Å². The molecular formula is C24H37BF2. The van der Waals surface area contributed by atoms with Gasteiger partial charge in [0.1, 0.15) is 12.3 Å². The van der Waals surface area contributed by atoms with E-state index in [0.29, 0.717) is 6.42 Å². The number of hydrogen-bond donors (Lipinski definition) is 0. The Hall–Kier alpha value is -0.335. The quantitative estimate of drug-likeness (QED) is 0.369. The van der Waals surface area contributed by atoms with Crippen molar-refractivity contribution in [1.29, 1.82) is 0 Å². The zero-order valence-corrected chi connectivity index (χ0v) is 17.1. The molecule has 0 N–H and O–H groups in total. The first kappa shape index (κ1) is 20.0. The van der Waals surface area contributed by atoms with E-state index in [1.165, 1.54) is 63.4 Å². The SMILES string of the molecule is [B]C1CC(C)C(C2=CCC(C3CCC(C4CCCC4)CC3)CC2)C(F)C1F. The predicted molar refractivity (Wildman–Crippen MR) is 109 cm³/mol. The Bertz CT molecular complexity index is 518. The fraction of sp³-hybridized carbons (Fsp3) is 0.917. The Morgan fingerprint density at radius 2 is 1.41 bits per heavy atom. The Balaban J connectivity index is 1.31. The highest BCUT2D eigenvalue weighted by atomic mass is 19.2. The molecule has 3 fully saturated rings. The van der Waals surface area contributed by atoms with Crippen LogP contribution in [0.15, 0.2) is 11.6 Å². The molecule has 3 heteroatoms. The molecule has 0 bridgehead atoms. The second kappa shape index (κ2) is 8.58. The first-order chi connectivity index (χ1) is 13.0. The molecule has 27 heavy (non-hydrogen) atoms. The van der Waals surface area contributed by atoms with Crippen molar-refractivity contribution in [3.8, 4) is 0 Å². The highest BCUT2D eigenvalue weighted by molar-refractivity contribution is 6.12. The molecule has 0 spiro atoms. The molecule has 0 aromatic heterocycles. The Morgan fingerprint density at radius 3 is 2.00 bits per heavy atom. The lowest BCUT2D eigenvalue weighted by atomic mass is 9.61. The van der Waals surface area contributed by atoms with Crippen LogP contribution in [0, 0.1) is 35.5 Å². The van der Waals surface area contributed by atoms with Crippen LogP contribution in [0.3, 0.4) is 0 Å². The normalized spacial score (nSPS) is 47.0. The van der Waals surface area contributed by atoms with Gasteiger partial charge in [0.2, 0.25) is 0 Å². The van der Waals surface area contributed by atoms with Gasteiger partial charge in [0.05, 0.1) is 7.85 Å². The maximum atomic E-state index is 14.7. The van der Waals surface area contributed by atoms with Crippen LogP contribution in [0.4, 0.5) is 8.78 Å². The van der Waals surface area contributed by atoms with E-state index in [9.17, 15) is 8.78 Å². The summed E-state index contributed by atoms with van der Waals surface area (Å²) in [4.78, 5) is 0. The fourth-order valence-electron chi connectivity index (χ4n) is 7.15. The average Bonchev–Trinajstić information content (AvgIpc) is 3.22. The maximum absolute atomic E-state index is 14.7. The standard InChI is InChI=1S/C24H37BF2/c1-15-14-21(25)23(26)24(27)22(15)20-12-10-19(11-13-20)18-8-6-17(7-9-18)16-4-2-3-5-16/h12,15-19,21-24H,2-11,13-14H2,1H3. The van der Waals surface area contributed by atoms with Crippen molar-refractivity contribution in [3.05, 3.63) is 11.6 Å². The van der Waals surface area contributed by atoms with E-state index in [1.54, 1.807) is 0 Å². The van der Waals surface area contributed by atoms with Crippen molar-refractivity contribution in [2.45, 2.75) is 102 Å². The lowest BCUT2D eigenvalue weighted by Gasteiger charge is -2.42. The van der Waals surface area contributed by atoms with Gasteiger partial charge in [-0.25, -0.2) is 8.78 Å². The van der Waals surface area contributed by atoms with E-state index in [1.807, 2.05) is 0 Å². The summed E-state index contributed by atoms with van der Waals surface area (Å²) in [6, 6.07) is 0. The van der Waals surface area contributed by atoms with Gasteiger partial charge in [-0.15, -0.1) is 0 Å². The second-order valence-corrected chi connectivity index (χ2v) is 10.3. The van der Waals surface area contributed by atoms with Crippen LogP contribution in [-0.2, 0) is 0 Å². The van der Waals surface area contributed by atoms with Gasteiger partial charge in [-0.05, 0) is 80.4 Å². The van der Waals surface area contributed by atoms with Gasteiger partial charge in [-0.2, -0.15) is 0 Å². The van der Waals surface area contributed by atoms with E-state index < -0.39 is 18.2 Å². The lowest BCUT2D eigenvalue weighted by Crippen LogP contribution is -2.41. The minimum atomic E-state index is -1.49. The number of allylic oxidation sites excluding steroid dienone is 2. The van der Waals surface area contributed by atoms with Gasteiger partial charge in [0, 0.05) is 5.92 Å². The van der Waals surface area contributed by atoms with Gasteiger partial charge >= 0.3 is 0 Å². The molecule has 0 aliphatic heterocycles. The van der Waals surface area contributed by atoms with Gasteiger partial charge in [0.25, 0.3) is 0 Å². The number of rotatable bonds is 3. The van der Waals surface area contributed by atoms with Crippen LogP contribution in [-0.4, -0.2) is 20.2 Å². The minimum Gasteiger partial charge on any atom is -0.245 e. The summed E-state index contributed by atoms with van der Waals surface area (Å²) in [6.45, 7) is 2.06. The van der Waals surface area contributed by atoms with Crippen LogP contribution in [0.5, 0.6) is 0 Å². The highest BCUT2D eigenvalue weighted by Gasteiger charge is 2.44. The third-order valence-corrected chi connectivity index (χ3v) is 8.78. The van der Waals surface area contributed by atoms with Crippen molar-refractivity contribution in [2.75, 3.05) is 0 Å². The molecule has 0 saturated heterocycles. The predicted octanol–water partition coefficient (Wildman–Crippen LogP) is 7.00. The van der Waals surface area contributed by atoms with Crippen molar-refractivity contribution in [3.63, 3.8) is 0 Å². The monoisotopic (exact) mass is 374 g/mol. The van der Waals surface area contributed by atoms with Gasteiger partial charge in [-0.3, -0.25) is 0 Å². The van der Waals surface area contributed by atoms with E-state index in [-0.39, 0.29) is 11.8 Å². The third kappa shape index (κ3) is 4.18. The highest BCUT2D eigenvalue weighted by Crippen LogP contribution is 2.48. The van der Waals surface area contributed by atoms with Crippen LogP contribution >= 0.6 is 0 Å². The van der Waals surface area contributed by atoms with Crippen LogP contribution in [0.1, 0.15) is 84.0 Å². The molecule has 3 saturated carbocycles. The van der Waals surface area contributed by atoms with Crippen molar-refractivity contribution in [1.82, 2.24) is 0 Å². The van der Waals surface area contributed by atoms with Crippen molar-refractivity contribution in [2.24, 2.45) is 35.5 Å². The first-order valence-electron chi connectivity index (χ1n) is 11.8. The van der Waals surface area contributed by atoms with Crippen molar-refractivity contribution < 1.29 is 8.78 Å². The Kier molecular flexibility index (Phi) is 6.34. The molecule has 4 aliphatic carbocycles. The molecule has 0 aromatic carbocycles. The summed E-state index contributed by atoms with van der Waals surface area (Å²) >= 11 is 0. The molecular weight excluding hydrogens is 337 g/mol. The summed E-state index contributed by atoms with van der Waals surface area (Å²) in [5.74, 6) is 2.97. The van der Waals surface area contributed by atoms with Crippen LogP contribution < -0.4 is 0 Å². The van der Waals surface area contributed by atoms with Gasteiger partial charge < -0.3 is 0 Å².